The molecule has 0 fully saturated rings. The number of nitrogens with zero attached hydrogens (tertiary/aromatic N) is 1. The molecule has 3 nitrogen and oxygen atoms in total. The van der Waals surface area contributed by atoms with Gasteiger partial charge in [-0.2, -0.15) is 0 Å². The van der Waals surface area contributed by atoms with Crippen LogP contribution < -0.4 is 5.73 Å². The molecule has 0 saturated heterocycles. The van der Waals surface area contributed by atoms with Crippen molar-refractivity contribution in [3.05, 3.63) is 0 Å². The number of amides is 1. The molecule has 0 bridgehead atoms. The van der Waals surface area contributed by atoms with Crippen molar-refractivity contribution >= 4 is 5.91 Å². The van der Waals surface area contributed by atoms with Gasteiger partial charge in [-0.3, -0.25) is 4.79 Å². The number of hydrogen-bond donors (Lipinski definition) is 1. The first-order valence-electron chi connectivity index (χ1n) is 4.46. The zero-order chi connectivity index (χ0) is 9.72. The van der Waals surface area contributed by atoms with E-state index < -0.39 is 0 Å². The second-order valence-corrected chi connectivity index (χ2v) is 3.61. The molecule has 0 aliphatic heterocycles. The van der Waals surface area contributed by atoms with Gasteiger partial charge < -0.3 is 10.6 Å². The molecule has 0 aromatic rings. The average Bonchev–Trinajstić information content (AvgIpc) is 1.98. The molecule has 0 aromatic carbocycles. The Bertz CT molecular complexity index is 143. The minimum Gasteiger partial charge on any atom is -0.343 e. The van der Waals surface area contributed by atoms with E-state index in [1.165, 1.54) is 0 Å². The molecule has 3 heteroatoms. The second-order valence-electron chi connectivity index (χ2n) is 3.61. The maximum absolute atomic E-state index is 11.4. The third-order valence-electron chi connectivity index (χ3n) is 1.98. The third-order valence-corrected chi connectivity index (χ3v) is 1.98. The second kappa shape index (κ2) is 5.14. The number of rotatable bonds is 4. The summed E-state index contributed by atoms with van der Waals surface area (Å²) in [6, 6.07) is 0.403. The molecule has 0 saturated carbocycles. The first kappa shape index (κ1) is 11.4. The molecular formula is C9H20N2O. The van der Waals surface area contributed by atoms with Gasteiger partial charge in [-0.05, 0) is 27.2 Å². The Morgan fingerprint density at radius 1 is 1.42 bits per heavy atom. The lowest BCUT2D eigenvalue weighted by molar-refractivity contribution is -0.131. The lowest BCUT2D eigenvalue weighted by Crippen LogP contribution is -2.33. The van der Waals surface area contributed by atoms with E-state index in [4.69, 9.17) is 5.73 Å². The van der Waals surface area contributed by atoms with Gasteiger partial charge in [0.05, 0.1) is 0 Å². The van der Waals surface area contributed by atoms with Crippen molar-refractivity contribution in [2.45, 2.75) is 45.7 Å². The van der Waals surface area contributed by atoms with E-state index in [2.05, 4.69) is 0 Å². The number of nitrogens with two attached hydrogens (primary N) is 1. The van der Waals surface area contributed by atoms with Crippen molar-refractivity contribution in [2.24, 2.45) is 5.73 Å². The molecule has 0 radical (unpaired) electrons. The van der Waals surface area contributed by atoms with Gasteiger partial charge in [-0.25, -0.2) is 0 Å². The summed E-state index contributed by atoms with van der Waals surface area (Å²) >= 11 is 0. The Labute approximate surface area is 74.9 Å². The Kier molecular flexibility index (Phi) is 4.90. The molecule has 0 aromatic heterocycles. The molecule has 0 aliphatic rings. The SMILES string of the molecule is CC(N)CCC(=O)N(C)C(C)C. The molecule has 12 heavy (non-hydrogen) atoms. The predicted octanol–water partition coefficient (Wildman–Crippen LogP) is 0.981. The van der Waals surface area contributed by atoms with Crippen LogP contribution in [-0.4, -0.2) is 29.9 Å². The zero-order valence-corrected chi connectivity index (χ0v) is 8.50. The molecular weight excluding hydrogens is 152 g/mol. The van der Waals surface area contributed by atoms with Crippen LogP contribution in [0.5, 0.6) is 0 Å². The molecule has 72 valence electrons. The number of carbonyl (C=O) groups excluding carboxylic acids is 1. The summed E-state index contributed by atoms with van der Waals surface area (Å²) in [7, 11) is 1.83. The summed E-state index contributed by atoms with van der Waals surface area (Å²) in [5, 5.41) is 0. The maximum Gasteiger partial charge on any atom is 0.222 e. The Morgan fingerprint density at radius 3 is 2.25 bits per heavy atom. The Hall–Kier alpha value is -0.570. The van der Waals surface area contributed by atoms with Gasteiger partial charge in [0.2, 0.25) is 5.91 Å². The largest absolute Gasteiger partial charge is 0.343 e. The van der Waals surface area contributed by atoms with Crippen molar-refractivity contribution in [1.82, 2.24) is 4.90 Å². The van der Waals surface area contributed by atoms with Gasteiger partial charge in [0, 0.05) is 25.6 Å². The first-order chi connectivity index (χ1) is 5.45. The standard InChI is InChI=1S/C9H20N2O/c1-7(2)11(4)9(12)6-5-8(3)10/h7-8H,5-6,10H2,1-4H3. The summed E-state index contributed by atoms with van der Waals surface area (Å²) in [4.78, 5) is 13.1. The van der Waals surface area contributed by atoms with Gasteiger partial charge in [0.15, 0.2) is 0 Å². The predicted molar refractivity (Wildman–Crippen MR) is 50.8 cm³/mol. The Balaban J connectivity index is 3.72. The smallest absolute Gasteiger partial charge is 0.222 e. The van der Waals surface area contributed by atoms with Gasteiger partial charge in [0.1, 0.15) is 0 Å². The maximum atomic E-state index is 11.4. The molecule has 0 aliphatic carbocycles. The van der Waals surface area contributed by atoms with Crippen LogP contribution in [0.25, 0.3) is 0 Å². The van der Waals surface area contributed by atoms with E-state index >= 15 is 0 Å². The van der Waals surface area contributed by atoms with Crippen LogP contribution in [0.1, 0.15) is 33.6 Å². The van der Waals surface area contributed by atoms with E-state index in [0.717, 1.165) is 6.42 Å². The van der Waals surface area contributed by atoms with Gasteiger partial charge in [-0.1, -0.05) is 0 Å². The van der Waals surface area contributed by atoms with Gasteiger partial charge >= 0.3 is 0 Å². The Morgan fingerprint density at radius 2 is 1.92 bits per heavy atom. The van der Waals surface area contributed by atoms with Crippen LogP contribution in [0.2, 0.25) is 0 Å². The first-order valence-corrected chi connectivity index (χ1v) is 4.46. The number of hydrogen-bond acceptors (Lipinski definition) is 2. The van der Waals surface area contributed by atoms with Crippen molar-refractivity contribution < 1.29 is 4.79 Å². The molecule has 0 heterocycles. The van der Waals surface area contributed by atoms with Crippen LogP contribution in [0.4, 0.5) is 0 Å². The summed E-state index contributed by atoms with van der Waals surface area (Å²) in [5.74, 6) is 0.183. The van der Waals surface area contributed by atoms with Crippen molar-refractivity contribution in [3.8, 4) is 0 Å². The fourth-order valence-electron chi connectivity index (χ4n) is 0.815. The molecule has 1 unspecified atom stereocenters. The van der Waals surface area contributed by atoms with E-state index in [0.29, 0.717) is 6.42 Å². The highest BCUT2D eigenvalue weighted by Crippen LogP contribution is 2.01. The van der Waals surface area contributed by atoms with Crippen LogP contribution in [0, 0.1) is 0 Å². The summed E-state index contributed by atoms with van der Waals surface area (Å²) in [6.07, 6.45) is 1.34. The fraction of sp³-hybridized carbons (Fsp3) is 0.889. The molecule has 2 N–H and O–H groups in total. The molecule has 0 rings (SSSR count). The van der Waals surface area contributed by atoms with Gasteiger partial charge in [0.25, 0.3) is 0 Å². The van der Waals surface area contributed by atoms with Gasteiger partial charge in [-0.15, -0.1) is 0 Å². The highest BCUT2D eigenvalue weighted by Gasteiger charge is 2.11. The van der Waals surface area contributed by atoms with E-state index in [-0.39, 0.29) is 18.0 Å². The topological polar surface area (TPSA) is 46.3 Å². The van der Waals surface area contributed by atoms with Crippen LogP contribution >= 0.6 is 0 Å². The van der Waals surface area contributed by atoms with E-state index in [9.17, 15) is 4.79 Å². The summed E-state index contributed by atoms with van der Waals surface area (Å²) < 4.78 is 0. The highest BCUT2D eigenvalue weighted by atomic mass is 16.2. The lowest BCUT2D eigenvalue weighted by atomic mass is 10.2. The zero-order valence-electron chi connectivity index (χ0n) is 8.50. The van der Waals surface area contributed by atoms with Crippen molar-refractivity contribution in [2.75, 3.05) is 7.05 Å². The molecule has 1 atom stereocenters. The van der Waals surface area contributed by atoms with Crippen molar-refractivity contribution in [3.63, 3.8) is 0 Å². The molecule has 1 amide bonds. The summed E-state index contributed by atoms with van der Waals surface area (Å²) in [5.41, 5.74) is 5.55. The summed E-state index contributed by atoms with van der Waals surface area (Å²) in [6.45, 7) is 5.93. The molecule has 0 spiro atoms. The van der Waals surface area contributed by atoms with Crippen molar-refractivity contribution in [1.29, 1.82) is 0 Å². The normalized spacial score (nSPS) is 13.2. The lowest BCUT2D eigenvalue weighted by Gasteiger charge is -2.21. The average molecular weight is 172 g/mol. The third kappa shape index (κ3) is 4.34. The van der Waals surface area contributed by atoms with Crippen LogP contribution in [-0.2, 0) is 4.79 Å². The van der Waals surface area contributed by atoms with Crippen LogP contribution in [0.3, 0.4) is 0 Å². The quantitative estimate of drug-likeness (QED) is 0.687. The van der Waals surface area contributed by atoms with E-state index in [1.54, 1.807) is 4.90 Å². The minimum absolute atomic E-state index is 0.120. The fourth-order valence-corrected chi connectivity index (χ4v) is 0.815. The van der Waals surface area contributed by atoms with Crippen LogP contribution in [0.15, 0.2) is 0 Å². The number of carbonyl (C=O) groups is 1. The monoisotopic (exact) mass is 172 g/mol. The van der Waals surface area contributed by atoms with E-state index in [1.807, 2.05) is 27.8 Å². The minimum atomic E-state index is 0.120. The highest BCUT2D eigenvalue weighted by molar-refractivity contribution is 5.76.